The summed E-state index contributed by atoms with van der Waals surface area (Å²) in [5, 5.41) is 0.497. The van der Waals surface area contributed by atoms with Gasteiger partial charge in [-0.15, -0.1) is 0 Å². The predicted molar refractivity (Wildman–Crippen MR) is 131 cm³/mol. The highest BCUT2D eigenvalue weighted by Gasteiger charge is 2.40. The fourth-order valence-electron chi connectivity index (χ4n) is 5.10. The quantitative estimate of drug-likeness (QED) is 0.522. The number of rotatable bonds is 8. The highest BCUT2D eigenvalue weighted by Crippen LogP contribution is 2.32. The minimum atomic E-state index is -3.73. The molecular weight excluding hydrogens is 462 g/mol. The lowest BCUT2D eigenvalue weighted by atomic mass is 9.96. The first-order chi connectivity index (χ1) is 15.8. The monoisotopic (exact) mass is 499 g/mol. The standard InChI is InChI=1S/C24H38ClN3O4S/c1-4-7-21-8-6-9-22(28(21)33(30,31)23-12-10-20(25)11-13-23)18-32-24(29)27-16-15-26(14-5-2)17-19(27)3/h10-13,19,21-22H,4-9,14-18H2,1-3H3/t19-,21-,22-/m0/s1. The van der Waals surface area contributed by atoms with E-state index in [1.807, 2.05) is 6.92 Å². The van der Waals surface area contributed by atoms with Gasteiger partial charge < -0.3 is 9.64 Å². The molecule has 2 fully saturated rings. The molecule has 9 heteroatoms. The summed E-state index contributed by atoms with van der Waals surface area (Å²) >= 11 is 5.98. The molecule has 0 radical (unpaired) electrons. The molecule has 1 amide bonds. The second-order valence-corrected chi connectivity index (χ2v) is 11.5. The molecule has 2 heterocycles. The van der Waals surface area contributed by atoms with Crippen LogP contribution in [-0.4, -0.2) is 79.5 Å². The van der Waals surface area contributed by atoms with Crippen molar-refractivity contribution in [2.24, 2.45) is 0 Å². The molecule has 2 saturated heterocycles. The van der Waals surface area contributed by atoms with E-state index in [-0.39, 0.29) is 35.7 Å². The van der Waals surface area contributed by atoms with E-state index in [9.17, 15) is 13.2 Å². The number of benzene rings is 1. The Morgan fingerprint density at radius 2 is 1.79 bits per heavy atom. The van der Waals surface area contributed by atoms with Gasteiger partial charge in [-0.1, -0.05) is 38.3 Å². The fourth-order valence-corrected chi connectivity index (χ4v) is 7.11. The molecule has 0 aliphatic carbocycles. The van der Waals surface area contributed by atoms with Crippen LogP contribution in [0.5, 0.6) is 0 Å². The summed E-state index contributed by atoms with van der Waals surface area (Å²) in [7, 11) is -3.73. The Hall–Kier alpha value is -1.35. The minimum Gasteiger partial charge on any atom is -0.448 e. The van der Waals surface area contributed by atoms with Crippen LogP contribution >= 0.6 is 11.6 Å². The molecule has 186 valence electrons. The second kappa shape index (κ2) is 11.9. The van der Waals surface area contributed by atoms with Crippen LogP contribution in [0.2, 0.25) is 5.02 Å². The third-order valence-corrected chi connectivity index (χ3v) is 8.96. The van der Waals surface area contributed by atoms with Crippen molar-refractivity contribution in [1.82, 2.24) is 14.1 Å². The summed E-state index contributed by atoms with van der Waals surface area (Å²) < 4.78 is 34.6. The summed E-state index contributed by atoms with van der Waals surface area (Å²) in [5.41, 5.74) is 0. The van der Waals surface area contributed by atoms with Gasteiger partial charge in [0.05, 0.1) is 10.9 Å². The van der Waals surface area contributed by atoms with Gasteiger partial charge in [0.1, 0.15) is 6.61 Å². The third kappa shape index (κ3) is 6.41. The zero-order valence-electron chi connectivity index (χ0n) is 20.1. The third-order valence-electron chi connectivity index (χ3n) is 6.69. The van der Waals surface area contributed by atoms with Gasteiger partial charge in [0.2, 0.25) is 10.0 Å². The zero-order valence-corrected chi connectivity index (χ0v) is 21.7. The number of amides is 1. The Bertz CT molecular complexity index is 878. The first-order valence-electron chi connectivity index (χ1n) is 12.2. The van der Waals surface area contributed by atoms with Crippen molar-refractivity contribution in [3.8, 4) is 0 Å². The highest BCUT2D eigenvalue weighted by molar-refractivity contribution is 7.89. The lowest BCUT2D eigenvalue weighted by Crippen LogP contribution is -2.55. The highest BCUT2D eigenvalue weighted by atomic mass is 35.5. The maximum Gasteiger partial charge on any atom is 0.410 e. The van der Waals surface area contributed by atoms with E-state index in [1.165, 1.54) is 0 Å². The lowest BCUT2D eigenvalue weighted by molar-refractivity contribution is 0.0321. The molecule has 0 aromatic heterocycles. The van der Waals surface area contributed by atoms with Gasteiger partial charge in [-0.3, -0.25) is 4.90 Å². The summed E-state index contributed by atoms with van der Waals surface area (Å²) in [6.07, 6.45) is 4.85. The van der Waals surface area contributed by atoms with E-state index in [4.69, 9.17) is 16.3 Å². The van der Waals surface area contributed by atoms with E-state index in [0.717, 1.165) is 51.7 Å². The molecule has 3 rings (SSSR count). The van der Waals surface area contributed by atoms with E-state index in [0.29, 0.717) is 18.0 Å². The van der Waals surface area contributed by atoms with Gasteiger partial charge in [-0.25, -0.2) is 13.2 Å². The van der Waals surface area contributed by atoms with E-state index in [2.05, 4.69) is 18.7 Å². The molecular formula is C24H38ClN3O4S. The van der Waals surface area contributed by atoms with Gasteiger partial charge in [0.15, 0.2) is 0 Å². The molecule has 0 unspecified atom stereocenters. The van der Waals surface area contributed by atoms with Crippen LogP contribution in [0.25, 0.3) is 0 Å². The number of carbonyl (C=O) groups excluding carboxylic acids is 1. The average Bonchev–Trinajstić information content (AvgIpc) is 2.78. The predicted octanol–water partition coefficient (Wildman–Crippen LogP) is 4.60. The minimum absolute atomic E-state index is 0.0749. The van der Waals surface area contributed by atoms with E-state index >= 15 is 0 Å². The largest absolute Gasteiger partial charge is 0.448 e. The van der Waals surface area contributed by atoms with Gasteiger partial charge >= 0.3 is 6.09 Å². The van der Waals surface area contributed by atoms with Gasteiger partial charge in [-0.2, -0.15) is 4.31 Å². The van der Waals surface area contributed by atoms with Crippen LogP contribution < -0.4 is 0 Å². The van der Waals surface area contributed by atoms with Crippen LogP contribution in [0.4, 0.5) is 4.79 Å². The van der Waals surface area contributed by atoms with Crippen LogP contribution in [0, 0.1) is 0 Å². The number of ether oxygens (including phenoxy) is 1. The van der Waals surface area contributed by atoms with E-state index in [1.54, 1.807) is 33.5 Å². The van der Waals surface area contributed by atoms with Crippen LogP contribution in [0.1, 0.15) is 59.3 Å². The number of hydrogen-bond donors (Lipinski definition) is 0. The smallest absolute Gasteiger partial charge is 0.410 e. The fraction of sp³-hybridized carbons (Fsp3) is 0.708. The number of sulfonamides is 1. The molecule has 0 saturated carbocycles. The Kier molecular flexibility index (Phi) is 9.44. The SMILES string of the molecule is CCC[C@H]1CCC[C@@H](COC(=O)N2CCN(CCC)C[C@@H]2C)N1S(=O)(=O)c1ccc(Cl)cc1. The van der Waals surface area contributed by atoms with Crippen molar-refractivity contribution in [2.45, 2.75) is 82.3 Å². The zero-order chi connectivity index (χ0) is 24.0. The Balaban J connectivity index is 1.72. The molecule has 33 heavy (non-hydrogen) atoms. The molecule has 1 aromatic rings. The molecule has 7 nitrogen and oxygen atoms in total. The van der Waals surface area contributed by atoms with Crippen molar-refractivity contribution >= 4 is 27.7 Å². The summed E-state index contributed by atoms with van der Waals surface area (Å²) in [5.74, 6) is 0. The number of piperidine rings is 1. The molecule has 2 aliphatic heterocycles. The van der Waals surface area contributed by atoms with Gasteiger partial charge in [-0.05, 0) is 63.4 Å². The lowest BCUT2D eigenvalue weighted by Gasteiger charge is -2.42. The van der Waals surface area contributed by atoms with Crippen molar-refractivity contribution in [1.29, 1.82) is 0 Å². The molecule has 1 aromatic carbocycles. The second-order valence-electron chi connectivity index (χ2n) is 9.24. The molecule has 3 atom stereocenters. The Morgan fingerprint density at radius 1 is 1.09 bits per heavy atom. The number of carbonyl (C=O) groups is 1. The average molecular weight is 500 g/mol. The van der Waals surface area contributed by atoms with Crippen molar-refractivity contribution in [2.75, 3.05) is 32.8 Å². The van der Waals surface area contributed by atoms with Crippen molar-refractivity contribution in [3.05, 3.63) is 29.3 Å². The summed E-state index contributed by atoms with van der Waals surface area (Å²) in [4.78, 5) is 17.3. The van der Waals surface area contributed by atoms with Crippen LogP contribution in [-0.2, 0) is 14.8 Å². The van der Waals surface area contributed by atoms with Crippen molar-refractivity contribution < 1.29 is 17.9 Å². The van der Waals surface area contributed by atoms with E-state index < -0.39 is 10.0 Å². The maximum absolute atomic E-state index is 13.6. The molecule has 2 aliphatic rings. The summed E-state index contributed by atoms with van der Waals surface area (Å²) in [6, 6.07) is 5.92. The molecule has 0 N–H and O–H groups in total. The number of halogens is 1. The molecule has 0 bridgehead atoms. The Morgan fingerprint density at radius 3 is 2.42 bits per heavy atom. The number of hydrogen-bond acceptors (Lipinski definition) is 5. The normalized spacial score (nSPS) is 25.2. The van der Waals surface area contributed by atoms with Gasteiger partial charge in [0, 0.05) is 36.7 Å². The maximum atomic E-state index is 13.6. The number of piperazine rings is 1. The van der Waals surface area contributed by atoms with Crippen molar-refractivity contribution in [3.63, 3.8) is 0 Å². The first-order valence-corrected chi connectivity index (χ1v) is 14.0. The summed E-state index contributed by atoms with van der Waals surface area (Å²) in [6.45, 7) is 9.68. The topological polar surface area (TPSA) is 70.2 Å². The Labute approximate surface area is 204 Å². The first kappa shape index (κ1) is 26.3. The van der Waals surface area contributed by atoms with Gasteiger partial charge in [0.25, 0.3) is 0 Å². The molecule has 0 spiro atoms. The van der Waals surface area contributed by atoms with Crippen LogP contribution in [0.15, 0.2) is 29.2 Å². The number of nitrogens with zero attached hydrogens (tertiary/aromatic N) is 3. The van der Waals surface area contributed by atoms with Crippen LogP contribution in [0.3, 0.4) is 0 Å².